The van der Waals surface area contributed by atoms with Crippen LogP contribution in [0.15, 0.2) is 11.9 Å². The summed E-state index contributed by atoms with van der Waals surface area (Å²) in [5, 5.41) is 0. The molecule has 0 unspecified atom stereocenters. The van der Waals surface area contributed by atoms with Gasteiger partial charge in [0.05, 0.1) is 0 Å². The summed E-state index contributed by atoms with van der Waals surface area (Å²) in [4.78, 5) is 0. The second-order valence-electron chi connectivity index (χ2n) is 5.23. The van der Waals surface area contributed by atoms with Gasteiger partial charge >= 0.3 is 0 Å². The van der Waals surface area contributed by atoms with Crippen molar-refractivity contribution in [3.63, 3.8) is 0 Å². The van der Waals surface area contributed by atoms with Crippen LogP contribution in [0, 0.1) is 0 Å². The van der Waals surface area contributed by atoms with Crippen molar-refractivity contribution >= 4 is 0 Å². The van der Waals surface area contributed by atoms with Crippen molar-refractivity contribution in [3.8, 4) is 0 Å². The van der Waals surface area contributed by atoms with Crippen molar-refractivity contribution in [3.05, 3.63) is 11.9 Å². The topological polar surface area (TPSA) is 27.6 Å². The van der Waals surface area contributed by atoms with Gasteiger partial charge in [0.25, 0.3) is 0 Å². The van der Waals surface area contributed by atoms with Crippen molar-refractivity contribution in [1.29, 1.82) is 0 Å². The van der Waals surface area contributed by atoms with E-state index in [2.05, 4.69) is 12.7 Å². The van der Waals surface area contributed by atoms with Crippen LogP contribution in [0.25, 0.3) is 0 Å². The Morgan fingerprint density at radius 3 is 1.72 bits per heavy atom. The lowest BCUT2D eigenvalue weighted by molar-refractivity contribution is -0.359. The predicted molar refractivity (Wildman–Crippen MR) is 78.0 cm³/mol. The molecular formula is C16H33FN+. The van der Waals surface area contributed by atoms with Crippen LogP contribution >= 0.6 is 0 Å². The molecule has 0 aromatic heterocycles. The standard InChI is InChI=1S/C16H32FN/c1-2-3-4-5-6-7-8-9-10-11-12-13-14-16(17)15-18/h14H,2-13,15,18H2,1H3/p+1/b16-14-. The summed E-state index contributed by atoms with van der Waals surface area (Å²) in [7, 11) is 0. The average Bonchev–Trinajstić information content (AvgIpc) is 2.39. The Morgan fingerprint density at radius 2 is 1.28 bits per heavy atom. The molecule has 0 aliphatic carbocycles. The Bertz CT molecular complexity index is 190. The van der Waals surface area contributed by atoms with E-state index in [1.54, 1.807) is 6.08 Å². The summed E-state index contributed by atoms with van der Waals surface area (Å²) in [6.45, 7) is 2.57. The number of hydrogen-bond acceptors (Lipinski definition) is 0. The molecule has 0 aliphatic rings. The third kappa shape index (κ3) is 13.7. The SMILES string of the molecule is CCCCCCCCCCCCC/C=C(\F)C[NH3+]. The lowest BCUT2D eigenvalue weighted by Gasteiger charge is -2.01. The first-order chi connectivity index (χ1) is 8.81. The van der Waals surface area contributed by atoms with E-state index in [1.165, 1.54) is 64.2 Å². The molecule has 108 valence electrons. The van der Waals surface area contributed by atoms with E-state index in [1.807, 2.05) is 0 Å². The van der Waals surface area contributed by atoms with Crippen LogP contribution in [0.3, 0.4) is 0 Å². The lowest BCUT2D eigenvalue weighted by atomic mass is 10.1. The Hall–Kier alpha value is -0.370. The monoisotopic (exact) mass is 258 g/mol. The number of rotatable bonds is 13. The van der Waals surface area contributed by atoms with E-state index in [-0.39, 0.29) is 5.83 Å². The van der Waals surface area contributed by atoms with Gasteiger partial charge in [0.2, 0.25) is 0 Å². The van der Waals surface area contributed by atoms with E-state index < -0.39 is 0 Å². The van der Waals surface area contributed by atoms with E-state index in [0.717, 1.165) is 12.8 Å². The van der Waals surface area contributed by atoms with Crippen LogP contribution in [-0.4, -0.2) is 6.54 Å². The Morgan fingerprint density at radius 1 is 0.833 bits per heavy atom. The van der Waals surface area contributed by atoms with Crippen molar-refractivity contribution in [1.82, 2.24) is 0 Å². The zero-order valence-electron chi connectivity index (χ0n) is 12.4. The molecule has 0 fully saturated rings. The van der Waals surface area contributed by atoms with Gasteiger partial charge in [-0.15, -0.1) is 0 Å². The van der Waals surface area contributed by atoms with E-state index in [4.69, 9.17) is 0 Å². The summed E-state index contributed by atoms with van der Waals surface area (Å²) in [6.07, 6.45) is 17.4. The first-order valence-electron chi connectivity index (χ1n) is 7.95. The number of hydrogen-bond donors (Lipinski definition) is 1. The predicted octanol–water partition coefficient (Wildman–Crippen LogP) is 4.78. The van der Waals surface area contributed by atoms with Crippen LogP contribution in [0.2, 0.25) is 0 Å². The Balaban J connectivity index is 3.03. The van der Waals surface area contributed by atoms with Crippen molar-refractivity contribution in [2.75, 3.05) is 6.54 Å². The molecule has 0 saturated heterocycles. The molecule has 2 heteroatoms. The van der Waals surface area contributed by atoms with Gasteiger partial charge in [0.15, 0.2) is 0 Å². The van der Waals surface area contributed by atoms with Crippen molar-refractivity contribution < 1.29 is 10.1 Å². The highest BCUT2D eigenvalue weighted by Gasteiger charge is 1.94. The Labute approximate surface area is 113 Å². The van der Waals surface area contributed by atoms with Gasteiger partial charge in [-0.25, -0.2) is 4.39 Å². The zero-order valence-corrected chi connectivity index (χ0v) is 12.4. The van der Waals surface area contributed by atoms with Gasteiger partial charge in [-0.1, -0.05) is 71.1 Å². The zero-order chi connectivity index (χ0) is 13.5. The first kappa shape index (κ1) is 17.6. The second-order valence-corrected chi connectivity index (χ2v) is 5.23. The average molecular weight is 258 g/mol. The first-order valence-corrected chi connectivity index (χ1v) is 7.95. The molecule has 0 amide bonds. The molecule has 0 spiro atoms. The summed E-state index contributed by atoms with van der Waals surface area (Å²) >= 11 is 0. The molecule has 1 nitrogen and oxygen atoms in total. The highest BCUT2D eigenvalue weighted by molar-refractivity contribution is 4.89. The van der Waals surface area contributed by atoms with E-state index >= 15 is 0 Å². The van der Waals surface area contributed by atoms with Gasteiger partial charge in [-0.3, -0.25) is 0 Å². The van der Waals surface area contributed by atoms with Crippen LogP contribution in [0.4, 0.5) is 4.39 Å². The molecule has 0 saturated carbocycles. The van der Waals surface area contributed by atoms with Crippen LogP contribution in [0.5, 0.6) is 0 Å². The second kappa shape index (κ2) is 14.7. The molecule has 0 aromatic rings. The third-order valence-corrected chi connectivity index (χ3v) is 3.41. The fraction of sp³-hybridized carbons (Fsp3) is 0.875. The summed E-state index contributed by atoms with van der Waals surface area (Å²) < 4.78 is 12.7. The molecule has 0 radical (unpaired) electrons. The highest BCUT2D eigenvalue weighted by atomic mass is 19.1. The molecule has 18 heavy (non-hydrogen) atoms. The lowest BCUT2D eigenvalue weighted by Crippen LogP contribution is -2.50. The number of unbranched alkanes of at least 4 members (excludes halogenated alkanes) is 11. The van der Waals surface area contributed by atoms with Gasteiger partial charge in [-0.05, 0) is 18.9 Å². The van der Waals surface area contributed by atoms with Crippen LogP contribution in [0.1, 0.15) is 84.0 Å². The van der Waals surface area contributed by atoms with E-state index in [0.29, 0.717) is 6.54 Å². The van der Waals surface area contributed by atoms with Crippen molar-refractivity contribution in [2.45, 2.75) is 84.0 Å². The van der Waals surface area contributed by atoms with Gasteiger partial charge in [0.1, 0.15) is 12.4 Å². The highest BCUT2D eigenvalue weighted by Crippen LogP contribution is 2.12. The molecule has 0 atom stereocenters. The number of halogens is 1. The normalized spacial score (nSPS) is 12.1. The minimum Gasteiger partial charge on any atom is -0.352 e. The minimum atomic E-state index is -0.0536. The fourth-order valence-corrected chi connectivity index (χ4v) is 2.17. The third-order valence-electron chi connectivity index (χ3n) is 3.41. The summed E-state index contributed by atoms with van der Waals surface area (Å²) in [5.74, 6) is -0.0536. The molecule has 0 aromatic carbocycles. The minimum absolute atomic E-state index is 0.0536. The van der Waals surface area contributed by atoms with E-state index in [9.17, 15) is 4.39 Å². The molecule has 0 aliphatic heterocycles. The van der Waals surface area contributed by atoms with Gasteiger partial charge in [0, 0.05) is 0 Å². The number of quaternary nitrogens is 1. The summed E-state index contributed by atoms with van der Waals surface area (Å²) in [5.41, 5.74) is 3.52. The maximum Gasteiger partial charge on any atom is 0.150 e. The number of allylic oxidation sites excluding steroid dienone is 1. The quantitative estimate of drug-likeness (QED) is 0.460. The maximum atomic E-state index is 12.7. The molecule has 0 heterocycles. The van der Waals surface area contributed by atoms with Crippen LogP contribution in [-0.2, 0) is 0 Å². The molecular weight excluding hydrogens is 225 g/mol. The van der Waals surface area contributed by atoms with Gasteiger partial charge in [-0.2, -0.15) is 0 Å². The molecule has 3 N–H and O–H groups in total. The smallest absolute Gasteiger partial charge is 0.150 e. The Kier molecular flexibility index (Phi) is 14.4. The van der Waals surface area contributed by atoms with Gasteiger partial charge < -0.3 is 5.73 Å². The summed E-state index contributed by atoms with van der Waals surface area (Å²) in [6, 6.07) is 0. The molecule has 0 rings (SSSR count). The molecule has 0 bridgehead atoms. The fourth-order valence-electron chi connectivity index (χ4n) is 2.17. The van der Waals surface area contributed by atoms with Crippen LogP contribution < -0.4 is 5.73 Å². The maximum absolute atomic E-state index is 12.7. The largest absolute Gasteiger partial charge is 0.352 e. The van der Waals surface area contributed by atoms with Crippen molar-refractivity contribution in [2.24, 2.45) is 0 Å².